The molecule has 2 aromatic rings. The highest BCUT2D eigenvalue weighted by Gasteiger charge is 2.33. The molecule has 0 atom stereocenters. The fourth-order valence-electron chi connectivity index (χ4n) is 2.45. The number of carbonyl (C=O) groups excluding carboxylic acids is 1. The molecule has 1 aliphatic heterocycles. The minimum Gasteiger partial charge on any atom is -0.449 e. The summed E-state index contributed by atoms with van der Waals surface area (Å²) in [5.74, 6) is -0.382. The summed E-state index contributed by atoms with van der Waals surface area (Å²) in [5, 5.41) is 2.16. The number of carbonyl (C=O) groups is 1. The summed E-state index contributed by atoms with van der Waals surface area (Å²) in [4.78, 5) is 11.7. The van der Waals surface area contributed by atoms with Crippen molar-refractivity contribution in [2.75, 3.05) is 5.32 Å². The molecule has 1 heterocycles. The molecule has 2 amide bonds. The predicted octanol–water partition coefficient (Wildman–Crippen LogP) is 3.72. The largest absolute Gasteiger partial charge is 0.449 e. The van der Waals surface area contributed by atoms with Crippen LogP contribution in [0.2, 0.25) is 0 Å². The molecule has 2 aromatic carbocycles. The average molecular weight is 416 g/mol. The third-order valence-corrected chi connectivity index (χ3v) is 4.96. The highest BCUT2D eigenvalue weighted by molar-refractivity contribution is 7.90. The normalized spacial score (nSPS) is 15.2. The molecule has 7 nitrogen and oxygen atoms in total. The smallest absolute Gasteiger partial charge is 0.416 e. The molecular formula is C17H15F3N2O5S. The molecule has 28 heavy (non-hydrogen) atoms. The first kappa shape index (κ1) is 19.8. The molecule has 0 saturated carbocycles. The van der Waals surface area contributed by atoms with Gasteiger partial charge in [-0.3, -0.25) is 0 Å². The average Bonchev–Trinajstić information content (AvgIpc) is 2.86. The second kappa shape index (κ2) is 6.59. The number of nitrogens with one attached hydrogen (secondary N) is 2. The number of ether oxygens (including phenoxy) is 2. The van der Waals surface area contributed by atoms with Gasteiger partial charge in [0, 0.05) is 25.6 Å². The minimum atomic E-state index is -4.52. The zero-order valence-electron chi connectivity index (χ0n) is 14.6. The number of rotatable bonds is 3. The Hall–Kier alpha value is -2.95. The van der Waals surface area contributed by atoms with Gasteiger partial charge >= 0.3 is 12.2 Å². The quantitative estimate of drug-likeness (QED) is 0.796. The second-order valence-corrected chi connectivity index (χ2v) is 8.03. The number of alkyl halides is 3. The third kappa shape index (κ3) is 4.30. The lowest BCUT2D eigenvalue weighted by atomic mass is 10.2. The van der Waals surface area contributed by atoms with Crippen LogP contribution in [0.4, 0.5) is 23.7 Å². The van der Waals surface area contributed by atoms with Crippen LogP contribution >= 0.6 is 0 Å². The maximum absolute atomic E-state index is 12.5. The molecule has 0 fully saturated rings. The maximum atomic E-state index is 12.5. The van der Waals surface area contributed by atoms with Gasteiger partial charge in [0.15, 0.2) is 11.5 Å². The topological polar surface area (TPSA) is 93.7 Å². The molecule has 0 bridgehead atoms. The first-order chi connectivity index (χ1) is 12.9. The van der Waals surface area contributed by atoms with Gasteiger partial charge in [0.1, 0.15) is 0 Å². The maximum Gasteiger partial charge on any atom is 0.416 e. The van der Waals surface area contributed by atoms with Crippen LogP contribution < -0.4 is 19.5 Å². The van der Waals surface area contributed by atoms with E-state index in [0.717, 1.165) is 24.3 Å². The van der Waals surface area contributed by atoms with Gasteiger partial charge in [0.25, 0.3) is 10.0 Å². The lowest BCUT2D eigenvalue weighted by molar-refractivity contribution is -0.137. The van der Waals surface area contributed by atoms with Gasteiger partial charge < -0.3 is 14.8 Å². The van der Waals surface area contributed by atoms with Crippen molar-refractivity contribution in [2.24, 2.45) is 0 Å². The van der Waals surface area contributed by atoms with Crippen LogP contribution in [0.5, 0.6) is 11.5 Å². The van der Waals surface area contributed by atoms with E-state index in [0.29, 0.717) is 5.75 Å². The number of hydrogen-bond acceptors (Lipinski definition) is 5. The lowest BCUT2D eigenvalue weighted by Crippen LogP contribution is -2.34. The van der Waals surface area contributed by atoms with E-state index in [9.17, 15) is 26.4 Å². The van der Waals surface area contributed by atoms with Gasteiger partial charge in [-0.1, -0.05) is 0 Å². The van der Waals surface area contributed by atoms with Gasteiger partial charge in [-0.25, -0.2) is 17.9 Å². The molecule has 0 spiro atoms. The molecule has 1 aliphatic rings. The summed E-state index contributed by atoms with van der Waals surface area (Å²) >= 11 is 0. The Labute approximate surface area is 158 Å². The summed E-state index contributed by atoms with van der Waals surface area (Å²) in [5.41, 5.74) is -0.900. The van der Waals surface area contributed by atoms with Crippen molar-refractivity contribution in [2.45, 2.75) is 30.7 Å². The number of halogens is 3. The van der Waals surface area contributed by atoms with E-state index in [2.05, 4.69) is 5.32 Å². The predicted molar refractivity (Wildman–Crippen MR) is 92.6 cm³/mol. The Morgan fingerprint density at radius 3 is 2.21 bits per heavy atom. The van der Waals surface area contributed by atoms with Gasteiger partial charge in [-0.05, 0) is 36.4 Å². The van der Waals surface area contributed by atoms with Crippen LogP contribution in [0.3, 0.4) is 0 Å². The Kier molecular flexibility index (Phi) is 4.66. The zero-order chi connectivity index (χ0) is 20.7. The molecule has 0 unspecified atom stereocenters. The third-order valence-electron chi connectivity index (χ3n) is 3.63. The molecule has 2 N–H and O–H groups in total. The van der Waals surface area contributed by atoms with E-state index in [1.54, 1.807) is 18.6 Å². The van der Waals surface area contributed by atoms with Gasteiger partial charge in [0.05, 0.1) is 10.5 Å². The molecule has 11 heteroatoms. The second-order valence-electron chi connectivity index (χ2n) is 6.35. The summed E-state index contributed by atoms with van der Waals surface area (Å²) in [6.07, 6.45) is -4.52. The molecular weight excluding hydrogens is 401 g/mol. The summed E-state index contributed by atoms with van der Waals surface area (Å²) < 4.78 is 75.0. The van der Waals surface area contributed by atoms with E-state index >= 15 is 0 Å². The van der Waals surface area contributed by atoms with Crippen LogP contribution in [-0.4, -0.2) is 20.2 Å². The number of anilines is 1. The highest BCUT2D eigenvalue weighted by Crippen LogP contribution is 2.40. The van der Waals surface area contributed by atoms with E-state index in [1.165, 1.54) is 18.2 Å². The monoisotopic (exact) mass is 416 g/mol. The van der Waals surface area contributed by atoms with Crippen molar-refractivity contribution in [3.8, 4) is 11.5 Å². The van der Waals surface area contributed by atoms with Gasteiger partial charge in [-0.15, -0.1) is 0 Å². The van der Waals surface area contributed by atoms with E-state index in [-0.39, 0.29) is 16.3 Å². The fraction of sp³-hybridized carbons (Fsp3) is 0.235. The van der Waals surface area contributed by atoms with Crippen LogP contribution in [0.15, 0.2) is 47.4 Å². The van der Waals surface area contributed by atoms with Crippen LogP contribution in [0, 0.1) is 0 Å². The number of amides is 2. The van der Waals surface area contributed by atoms with Crippen LogP contribution in [0.25, 0.3) is 0 Å². The van der Waals surface area contributed by atoms with E-state index < -0.39 is 33.6 Å². The van der Waals surface area contributed by atoms with Gasteiger partial charge in [0.2, 0.25) is 5.79 Å². The highest BCUT2D eigenvalue weighted by atomic mass is 32.2. The number of urea groups is 1. The Morgan fingerprint density at radius 1 is 1.00 bits per heavy atom. The van der Waals surface area contributed by atoms with Crippen molar-refractivity contribution in [1.29, 1.82) is 0 Å². The Morgan fingerprint density at radius 2 is 1.61 bits per heavy atom. The first-order valence-corrected chi connectivity index (χ1v) is 9.37. The number of benzene rings is 2. The van der Waals surface area contributed by atoms with Crippen LogP contribution in [0.1, 0.15) is 19.4 Å². The summed E-state index contributed by atoms with van der Waals surface area (Å²) in [6.45, 7) is 3.30. The van der Waals surface area contributed by atoms with Crippen molar-refractivity contribution in [1.82, 2.24) is 4.72 Å². The first-order valence-electron chi connectivity index (χ1n) is 7.89. The van der Waals surface area contributed by atoms with Gasteiger partial charge in [-0.2, -0.15) is 13.2 Å². The van der Waals surface area contributed by atoms with Crippen LogP contribution in [-0.2, 0) is 16.2 Å². The SMILES string of the molecule is CC1(C)Oc2ccc(S(=O)(=O)NC(=O)Nc3ccc(C(F)(F)F)cc3)cc2O1. The molecule has 0 aromatic heterocycles. The number of hydrogen-bond donors (Lipinski definition) is 2. The number of sulfonamides is 1. The summed E-state index contributed by atoms with van der Waals surface area (Å²) in [7, 11) is -4.25. The lowest BCUT2D eigenvalue weighted by Gasteiger charge is -2.16. The minimum absolute atomic E-state index is 0.00636. The standard InChI is InChI=1S/C17H15F3N2O5S/c1-16(2)26-13-8-7-12(9-14(13)27-16)28(24,25)22-15(23)21-11-5-3-10(4-6-11)17(18,19)20/h3-9H,1-2H3,(H2,21,22,23). The zero-order valence-corrected chi connectivity index (χ0v) is 15.4. The van der Waals surface area contributed by atoms with E-state index in [4.69, 9.17) is 9.47 Å². The number of fused-ring (bicyclic) bond motifs is 1. The molecule has 150 valence electrons. The molecule has 0 saturated heterocycles. The van der Waals surface area contributed by atoms with E-state index in [1.807, 2.05) is 0 Å². The Balaban J connectivity index is 1.70. The molecule has 0 radical (unpaired) electrons. The van der Waals surface area contributed by atoms with Crippen molar-refractivity contribution in [3.63, 3.8) is 0 Å². The van der Waals surface area contributed by atoms with Crippen molar-refractivity contribution < 1.29 is 35.9 Å². The fourth-order valence-corrected chi connectivity index (χ4v) is 3.37. The summed E-state index contributed by atoms with van der Waals surface area (Å²) in [6, 6.07) is 6.27. The Bertz CT molecular complexity index is 1020. The van der Waals surface area contributed by atoms with Crippen molar-refractivity contribution >= 4 is 21.7 Å². The van der Waals surface area contributed by atoms with Crippen molar-refractivity contribution in [3.05, 3.63) is 48.0 Å². The molecule has 0 aliphatic carbocycles. The molecule has 3 rings (SSSR count).